The predicted molar refractivity (Wildman–Crippen MR) is 188 cm³/mol. The van der Waals surface area contributed by atoms with Gasteiger partial charge in [-0.15, -0.1) is 11.3 Å². The number of aromatic nitrogens is 1. The highest BCUT2D eigenvalue weighted by molar-refractivity contribution is 7.13. The average Bonchev–Trinajstić information content (AvgIpc) is 3.61. The van der Waals surface area contributed by atoms with Gasteiger partial charge in [-0.3, -0.25) is 9.69 Å². The number of benzene rings is 2. The number of piperidine rings is 3. The number of H-pyrrole nitrogens is 1. The molecule has 9 nitrogen and oxygen atoms in total. The molecule has 0 radical (unpaired) electrons. The Labute approximate surface area is 304 Å². The third kappa shape index (κ3) is 8.58. The smallest absolute Gasteiger partial charge is 0.348 e. The zero-order chi connectivity index (χ0) is 35.2. The zero-order valence-electron chi connectivity index (χ0n) is 27.8. The number of methoxy groups -OCH3 is 2. The van der Waals surface area contributed by atoms with Crippen LogP contribution in [0.1, 0.15) is 62.6 Å². The van der Waals surface area contributed by atoms with Crippen molar-refractivity contribution in [2.45, 2.75) is 50.5 Å². The molecular formula is C37H39Cl2FN3O6S+. The molecule has 3 fully saturated rings. The van der Waals surface area contributed by atoms with Crippen molar-refractivity contribution >= 4 is 46.5 Å². The van der Waals surface area contributed by atoms with Crippen LogP contribution in [-0.4, -0.2) is 56.8 Å². The van der Waals surface area contributed by atoms with Gasteiger partial charge in [0.15, 0.2) is 23.9 Å². The summed E-state index contributed by atoms with van der Waals surface area (Å²) < 4.78 is 37.9. The van der Waals surface area contributed by atoms with Gasteiger partial charge in [-0.25, -0.2) is 14.2 Å². The van der Waals surface area contributed by atoms with Crippen LogP contribution in [0, 0.1) is 11.7 Å². The van der Waals surface area contributed by atoms with Crippen molar-refractivity contribution in [1.82, 2.24) is 10.2 Å². The summed E-state index contributed by atoms with van der Waals surface area (Å²) in [6.07, 6.45) is 4.55. The van der Waals surface area contributed by atoms with Gasteiger partial charge in [0.1, 0.15) is 32.9 Å². The van der Waals surface area contributed by atoms with Gasteiger partial charge in [-0.2, -0.15) is 0 Å². The summed E-state index contributed by atoms with van der Waals surface area (Å²) in [7, 11) is 3.07. The maximum atomic E-state index is 15.0. The lowest BCUT2D eigenvalue weighted by atomic mass is 9.86. The number of carbonyl (C=O) groups excluding carboxylic acids is 2. The van der Waals surface area contributed by atoms with E-state index in [0.717, 1.165) is 37.4 Å². The van der Waals surface area contributed by atoms with E-state index in [4.69, 9.17) is 42.1 Å². The Morgan fingerprint density at radius 1 is 1.02 bits per heavy atom. The van der Waals surface area contributed by atoms with Gasteiger partial charge < -0.3 is 24.3 Å². The highest BCUT2D eigenvalue weighted by Crippen LogP contribution is 2.36. The quantitative estimate of drug-likeness (QED) is 0.138. The van der Waals surface area contributed by atoms with E-state index >= 15 is 0 Å². The van der Waals surface area contributed by atoms with Crippen LogP contribution in [0.5, 0.6) is 11.5 Å². The van der Waals surface area contributed by atoms with Crippen molar-refractivity contribution < 1.29 is 37.9 Å². The topological polar surface area (TPSA) is 100 Å². The molecule has 0 spiro atoms. The summed E-state index contributed by atoms with van der Waals surface area (Å²) in [4.78, 5) is 33.1. The Morgan fingerprint density at radius 3 is 2.44 bits per heavy atom. The van der Waals surface area contributed by atoms with E-state index in [1.807, 2.05) is 6.07 Å². The van der Waals surface area contributed by atoms with E-state index in [2.05, 4.69) is 15.2 Å². The molecule has 0 amide bonds. The molecule has 5 heterocycles. The summed E-state index contributed by atoms with van der Waals surface area (Å²) in [5.41, 5.74) is 1.65. The first-order chi connectivity index (χ1) is 24.2. The van der Waals surface area contributed by atoms with Gasteiger partial charge in [0.05, 0.1) is 20.6 Å². The van der Waals surface area contributed by atoms with Gasteiger partial charge in [-0.05, 0) is 67.7 Å². The van der Waals surface area contributed by atoms with E-state index < -0.39 is 23.9 Å². The molecule has 2 aromatic heterocycles. The monoisotopic (exact) mass is 742 g/mol. The Kier molecular flexibility index (Phi) is 11.9. The lowest BCUT2D eigenvalue weighted by Gasteiger charge is -2.44. The number of hydrogen-bond donors (Lipinski definition) is 1. The molecule has 50 heavy (non-hydrogen) atoms. The minimum atomic E-state index is -0.768. The third-order valence-electron chi connectivity index (χ3n) is 9.33. The molecule has 4 aromatic rings. The molecule has 2 aromatic carbocycles. The number of halogens is 3. The van der Waals surface area contributed by atoms with Crippen LogP contribution in [0.2, 0.25) is 10.0 Å². The Hall–Kier alpha value is -3.74. The number of thiophene rings is 1. The normalized spacial score (nSPS) is 19.4. The maximum absolute atomic E-state index is 15.0. The fraction of sp³-hybridized carbons (Fsp3) is 0.378. The summed E-state index contributed by atoms with van der Waals surface area (Å²) in [6.45, 7) is 3.12. The number of hydrogen-bond acceptors (Lipinski definition) is 9. The highest BCUT2D eigenvalue weighted by Gasteiger charge is 2.37. The van der Waals surface area contributed by atoms with Crippen LogP contribution in [0.25, 0.3) is 0 Å². The molecule has 13 heteroatoms. The number of nitrogens with zero attached hydrogens (tertiary/aromatic N) is 1. The molecule has 3 aliphatic heterocycles. The van der Waals surface area contributed by atoms with Crippen molar-refractivity contribution in [2.75, 3.05) is 33.9 Å². The fourth-order valence-electron chi connectivity index (χ4n) is 6.61. The summed E-state index contributed by atoms with van der Waals surface area (Å²) in [5, 5.41) is 4.14. The van der Waals surface area contributed by atoms with E-state index in [9.17, 15) is 14.0 Å². The summed E-state index contributed by atoms with van der Waals surface area (Å²) in [5.74, 6) is 0.0721. The predicted octanol–water partition coefficient (Wildman–Crippen LogP) is 7.02. The summed E-state index contributed by atoms with van der Waals surface area (Å²) >= 11 is 14.2. The number of esters is 2. The maximum Gasteiger partial charge on any atom is 0.348 e. The molecule has 2 bridgehead atoms. The van der Waals surface area contributed by atoms with Crippen LogP contribution in [0.4, 0.5) is 4.39 Å². The Morgan fingerprint density at radius 2 is 1.76 bits per heavy atom. The minimum Gasteiger partial charge on any atom is -0.493 e. The van der Waals surface area contributed by atoms with Crippen molar-refractivity contribution in [3.05, 3.63) is 109 Å². The molecule has 3 saturated heterocycles. The average molecular weight is 744 g/mol. The van der Waals surface area contributed by atoms with Crippen LogP contribution >= 0.6 is 34.5 Å². The van der Waals surface area contributed by atoms with Gasteiger partial charge >= 0.3 is 11.9 Å². The van der Waals surface area contributed by atoms with E-state index in [-0.39, 0.29) is 31.5 Å². The molecule has 1 unspecified atom stereocenters. The van der Waals surface area contributed by atoms with Crippen LogP contribution in [0.15, 0.2) is 67.0 Å². The van der Waals surface area contributed by atoms with Crippen molar-refractivity contribution in [3.63, 3.8) is 0 Å². The first kappa shape index (κ1) is 36.1. The van der Waals surface area contributed by atoms with E-state index in [1.54, 1.807) is 62.0 Å². The number of aromatic amines is 1. The molecular weight excluding hydrogens is 704 g/mol. The molecule has 264 valence electrons. The second kappa shape index (κ2) is 16.5. The molecule has 0 aliphatic carbocycles. The van der Waals surface area contributed by atoms with Crippen molar-refractivity contribution in [2.24, 2.45) is 5.92 Å². The first-order valence-corrected chi connectivity index (χ1v) is 18.0. The van der Waals surface area contributed by atoms with Gasteiger partial charge in [0, 0.05) is 41.6 Å². The van der Waals surface area contributed by atoms with E-state index in [1.165, 1.54) is 24.5 Å². The van der Waals surface area contributed by atoms with Crippen LogP contribution in [-0.2, 0) is 27.2 Å². The number of pyridine rings is 1. The SMILES string of the molecule is COc1ccc([C@H](Cc2c(Cl)c[nH+]cc2Cl)OC(=O)c2ccc(CNC(CC(=O)O[C@H]3CN4CCC3CC4)c3ccccc3F)s2)cc1OC. The van der Waals surface area contributed by atoms with Crippen LogP contribution in [0.3, 0.4) is 0 Å². The zero-order valence-corrected chi connectivity index (χ0v) is 30.1. The number of carbonyl (C=O) groups is 2. The molecule has 2 N–H and O–H groups in total. The standard InChI is InChI=1S/C37H38Cl2FN3O6S/c1-46-31-9-7-23(15-33(31)47-2)32(16-26-27(38)19-41-20-28(26)39)49-37(45)35-10-8-24(50-35)18-42-30(25-5-3-4-6-29(25)40)17-36(44)48-34-21-43-13-11-22(34)12-14-43/h3-10,15,19-20,22,30,32,34,42H,11-14,16-18,21H2,1-2H3/p+1/t30?,32-,34-/m0/s1. The van der Waals surface area contributed by atoms with E-state index in [0.29, 0.717) is 49.0 Å². The lowest BCUT2D eigenvalue weighted by Crippen LogP contribution is -2.52. The Balaban J connectivity index is 1.15. The number of rotatable bonds is 14. The second-order valence-electron chi connectivity index (χ2n) is 12.4. The third-order valence-corrected chi connectivity index (χ3v) is 11.1. The number of fused-ring (bicyclic) bond motifs is 3. The highest BCUT2D eigenvalue weighted by atomic mass is 35.5. The van der Waals surface area contributed by atoms with Crippen molar-refractivity contribution in [1.29, 1.82) is 0 Å². The molecule has 0 saturated carbocycles. The molecule has 7 rings (SSSR count). The number of ether oxygens (including phenoxy) is 4. The minimum absolute atomic E-state index is 0.0280. The van der Waals surface area contributed by atoms with Gasteiger partial charge in [0.2, 0.25) is 0 Å². The molecule has 3 aliphatic rings. The largest absolute Gasteiger partial charge is 0.493 e. The molecule has 3 atom stereocenters. The first-order valence-electron chi connectivity index (χ1n) is 16.5. The number of nitrogens with one attached hydrogen (secondary N) is 2. The fourth-order valence-corrected chi connectivity index (χ4v) is 7.98. The summed E-state index contributed by atoms with van der Waals surface area (Å²) in [6, 6.07) is 14.6. The second-order valence-corrected chi connectivity index (χ2v) is 14.4. The van der Waals surface area contributed by atoms with Crippen LogP contribution < -0.4 is 19.8 Å². The van der Waals surface area contributed by atoms with Gasteiger partial charge in [0.25, 0.3) is 0 Å². The van der Waals surface area contributed by atoms with Crippen molar-refractivity contribution in [3.8, 4) is 11.5 Å². The lowest BCUT2D eigenvalue weighted by molar-refractivity contribution is -0.377. The Bertz CT molecular complexity index is 1800. The van der Waals surface area contributed by atoms with Gasteiger partial charge in [-0.1, -0.05) is 47.5 Å².